The molecule has 0 saturated heterocycles. The summed E-state index contributed by atoms with van der Waals surface area (Å²) in [6, 6.07) is 3.05. The lowest BCUT2D eigenvalue weighted by atomic mass is 10.1. The topological polar surface area (TPSA) is 114 Å². The van der Waals surface area contributed by atoms with Crippen LogP contribution in [0.25, 0.3) is 0 Å². The van der Waals surface area contributed by atoms with Gasteiger partial charge < -0.3 is 14.8 Å². The maximum absolute atomic E-state index is 12.8. The molecule has 0 saturated carbocycles. The van der Waals surface area contributed by atoms with Gasteiger partial charge in [-0.2, -0.15) is 0 Å². The Bertz CT molecular complexity index is 1050. The molecule has 2 amide bonds. The Balaban J connectivity index is 1.88. The summed E-state index contributed by atoms with van der Waals surface area (Å²) < 4.78 is 10.0. The molecule has 1 heterocycles. The number of halogens is 1. The Hall–Kier alpha value is -3.07. The average Bonchev–Trinajstić information content (AvgIpc) is 2.92. The number of nitrogens with zero attached hydrogens (tertiary/aromatic N) is 1. The molecule has 0 radical (unpaired) electrons. The van der Waals surface area contributed by atoms with Crippen LogP contribution in [0.1, 0.15) is 36.7 Å². The molecule has 28 heavy (non-hydrogen) atoms. The average molecular weight is 408 g/mol. The van der Waals surface area contributed by atoms with E-state index in [1.165, 1.54) is 13.2 Å². The molecule has 1 aliphatic heterocycles. The van der Waals surface area contributed by atoms with Gasteiger partial charge in [0.25, 0.3) is 16.8 Å². The first-order valence-corrected chi connectivity index (χ1v) is 8.68. The van der Waals surface area contributed by atoms with Crippen LogP contribution in [0.3, 0.4) is 0 Å². The molecule has 0 aromatic heterocycles. The number of carbonyl (C=O) groups is 2. The molecule has 3 rings (SSSR count). The summed E-state index contributed by atoms with van der Waals surface area (Å²) >= 11 is 6.20. The number of nitrogens with one attached hydrogen (secondary N) is 2. The Kier molecular flexibility index (Phi) is 4.80. The third-order valence-corrected chi connectivity index (χ3v) is 4.34. The standard InChI is InChI=1S/C18H18ClN3O6/c1-18(2,3)28-17(26)21-22-7-8-9(19)5-6-10(11(8)16(22)25)20-12-13(23)14(24)15(12)27-4/h5-6,20H,7H2,1-4H3,(H,21,26). The van der Waals surface area contributed by atoms with E-state index in [0.29, 0.717) is 10.6 Å². The molecule has 2 aromatic carbocycles. The Morgan fingerprint density at radius 1 is 1.18 bits per heavy atom. The number of hydrazine groups is 1. The summed E-state index contributed by atoms with van der Waals surface area (Å²) in [6.07, 6.45) is -0.788. The van der Waals surface area contributed by atoms with Gasteiger partial charge in [-0.05, 0) is 32.9 Å². The molecule has 0 atom stereocenters. The number of ether oxygens (including phenoxy) is 2. The van der Waals surface area contributed by atoms with Crippen molar-refractivity contribution >= 4 is 35.0 Å². The predicted octanol–water partition coefficient (Wildman–Crippen LogP) is 2.08. The lowest BCUT2D eigenvalue weighted by molar-refractivity contribution is 0.0302. The number of rotatable bonds is 4. The number of carbonyl (C=O) groups excluding carboxylic acids is 2. The molecule has 0 bridgehead atoms. The van der Waals surface area contributed by atoms with E-state index in [2.05, 4.69) is 10.7 Å². The van der Waals surface area contributed by atoms with Gasteiger partial charge in [0.05, 0.1) is 24.9 Å². The summed E-state index contributed by atoms with van der Waals surface area (Å²) in [5.41, 5.74) is 1.04. The molecule has 0 fully saturated rings. The zero-order valence-electron chi connectivity index (χ0n) is 15.6. The van der Waals surface area contributed by atoms with E-state index >= 15 is 0 Å². The second-order valence-electron chi connectivity index (χ2n) is 7.14. The normalized spacial score (nSPS) is 13.5. The predicted molar refractivity (Wildman–Crippen MR) is 102 cm³/mol. The number of benzene rings is 1. The van der Waals surface area contributed by atoms with Crippen LogP contribution >= 0.6 is 11.6 Å². The van der Waals surface area contributed by atoms with Gasteiger partial charge in [-0.15, -0.1) is 0 Å². The minimum absolute atomic E-state index is 0.0187. The molecule has 148 valence electrons. The van der Waals surface area contributed by atoms with Crippen LogP contribution in [0.2, 0.25) is 5.02 Å². The van der Waals surface area contributed by atoms with Crippen LogP contribution in [0.4, 0.5) is 16.2 Å². The van der Waals surface area contributed by atoms with Crippen LogP contribution in [-0.4, -0.2) is 29.7 Å². The van der Waals surface area contributed by atoms with Gasteiger partial charge in [0.2, 0.25) is 0 Å². The van der Waals surface area contributed by atoms with Crippen molar-refractivity contribution in [3.8, 4) is 5.75 Å². The number of hydrogen-bond donors (Lipinski definition) is 2. The fourth-order valence-electron chi connectivity index (χ4n) is 2.81. The van der Waals surface area contributed by atoms with Gasteiger partial charge in [0.1, 0.15) is 11.3 Å². The first-order chi connectivity index (χ1) is 13.0. The minimum atomic E-state index is -0.788. The van der Waals surface area contributed by atoms with Crippen LogP contribution in [0.5, 0.6) is 5.75 Å². The van der Waals surface area contributed by atoms with Gasteiger partial charge in [-0.1, -0.05) is 11.6 Å². The fourth-order valence-corrected chi connectivity index (χ4v) is 3.02. The SMILES string of the molecule is COc1c(Nc2ccc(Cl)c3c2C(=O)N(NC(=O)OC(C)(C)C)C3)c(=O)c1=O. The monoisotopic (exact) mass is 407 g/mol. The highest BCUT2D eigenvalue weighted by atomic mass is 35.5. The zero-order chi connectivity index (χ0) is 20.8. The van der Waals surface area contributed by atoms with Gasteiger partial charge in [0.15, 0.2) is 5.75 Å². The van der Waals surface area contributed by atoms with Crippen LogP contribution in [0, 0.1) is 0 Å². The van der Waals surface area contributed by atoms with Crippen molar-refractivity contribution in [1.29, 1.82) is 0 Å². The van der Waals surface area contributed by atoms with Gasteiger partial charge in [-0.3, -0.25) is 14.4 Å². The zero-order valence-corrected chi connectivity index (χ0v) is 16.4. The maximum atomic E-state index is 12.8. The lowest BCUT2D eigenvalue weighted by Crippen LogP contribution is -2.44. The number of anilines is 2. The summed E-state index contributed by atoms with van der Waals surface area (Å²) in [4.78, 5) is 48.1. The van der Waals surface area contributed by atoms with Crippen LogP contribution < -0.4 is 26.3 Å². The van der Waals surface area contributed by atoms with Gasteiger partial charge in [-0.25, -0.2) is 15.2 Å². The quantitative estimate of drug-likeness (QED) is 0.746. The third kappa shape index (κ3) is 3.40. The summed E-state index contributed by atoms with van der Waals surface area (Å²) in [5.74, 6) is -0.647. The third-order valence-electron chi connectivity index (χ3n) is 3.99. The lowest BCUT2D eigenvalue weighted by Gasteiger charge is -2.23. The van der Waals surface area contributed by atoms with E-state index in [1.54, 1.807) is 26.8 Å². The van der Waals surface area contributed by atoms with Gasteiger partial charge >= 0.3 is 6.09 Å². The Morgan fingerprint density at radius 3 is 2.46 bits per heavy atom. The Labute approximate surface area is 164 Å². The minimum Gasteiger partial charge on any atom is -0.491 e. The molecular weight excluding hydrogens is 390 g/mol. The van der Waals surface area contributed by atoms with Crippen molar-refractivity contribution in [3.63, 3.8) is 0 Å². The van der Waals surface area contributed by atoms with Crippen molar-refractivity contribution in [1.82, 2.24) is 10.4 Å². The molecule has 1 aliphatic rings. The first kappa shape index (κ1) is 19.7. The molecule has 2 N–H and O–H groups in total. The molecule has 9 nitrogen and oxygen atoms in total. The second-order valence-corrected chi connectivity index (χ2v) is 7.55. The first-order valence-electron chi connectivity index (χ1n) is 8.30. The Morgan fingerprint density at radius 2 is 1.86 bits per heavy atom. The van der Waals surface area contributed by atoms with Crippen molar-refractivity contribution in [2.75, 3.05) is 12.4 Å². The van der Waals surface area contributed by atoms with Crippen molar-refractivity contribution in [2.45, 2.75) is 32.9 Å². The van der Waals surface area contributed by atoms with E-state index in [1.807, 2.05) is 0 Å². The van der Waals surface area contributed by atoms with Crippen molar-refractivity contribution in [3.05, 3.63) is 48.7 Å². The molecule has 2 aromatic rings. The highest BCUT2D eigenvalue weighted by Crippen LogP contribution is 2.36. The number of fused-ring (bicyclic) bond motifs is 1. The second kappa shape index (κ2) is 6.83. The van der Waals surface area contributed by atoms with Crippen LogP contribution in [0.15, 0.2) is 21.7 Å². The highest BCUT2D eigenvalue weighted by molar-refractivity contribution is 6.32. The number of methoxy groups -OCH3 is 1. The highest BCUT2D eigenvalue weighted by Gasteiger charge is 2.35. The number of amides is 2. The van der Waals surface area contributed by atoms with Gasteiger partial charge in [0, 0.05) is 10.6 Å². The van der Waals surface area contributed by atoms with E-state index in [-0.39, 0.29) is 29.2 Å². The van der Waals surface area contributed by atoms with E-state index in [4.69, 9.17) is 21.1 Å². The summed E-state index contributed by atoms with van der Waals surface area (Å²) in [7, 11) is 1.27. The van der Waals surface area contributed by atoms with Crippen LogP contribution in [-0.2, 0) is 11.3 Å². The van der Waals surface area contributed by atoms with E-state index < -0.39 is 28.5 Å². The molecule has 0 aliphatic carbocycles. The largest absolute Gasteiger partial charge is 0.491 e. The van der Waals surface area contributed by atoms with E-state index in [0.717, 1.165) is 5.01 Å². The molecule has 0 spiro atoms. The molecule has 0 unspecified atom stereocenters. The van der Waals surface area contributed by atoms with E-state index in [9.17, 15) is 19.2 Å². The maximum Gasteiger partial charge on any atom is 0.426 e. The number of hydrogen-bond acceptors (Lipinski definition) is 7. The van der Waals surface area contributed by atoms with Crippen molar-refractivity contribution < 1.29 is 19.1 Å². The fraction of sp³-hybridized carbons (Fsp3) is 0.333. The summed E-state index contributed by atoms with van der Waals surface area (Å²) in [5, 5.41) is 4.15. The summed E-state index contributed by atoms with van der Waals surface area (Å²) in [6.45, 7) is 5.11. The molecule has 10 heteroatoms. The smallest absolute Gasteiger partial charge is 0.426 e. The van der Waals surface area contributed by atoms with Crippen molar-refractivity contribution in [2.24, 2.45) is 0 Å². The molecular formula is C18H18ClN3O6.